The fourth-order valence-corrected chi connectivity index (χ4v) is 2.93. The normalized spacial score (nSPS) is 18.7. The van der Waals surface area contributed by atoms with Crippen LogP contribution >= 0.6 is 15.9 Å². The Balaban J connectivity index is 2.44. The van der Waals surface area contributed by atoms with E-state index in [0.717, 1.165) is 23.7 Å². The summed E-state index contributed by atoms with van der Waals surface area (Å²) < 4.78 is 0.804. The first-order valence-corrected chi connectivity index (χ1v) is 7.35. The lowest BCUT2D eigenvalue weighted by molar-refractivity contribution is -0.122. The summed E-state index contributed by atoms with van der Waals surface area (Å²) >= 11 is 3.37. The van der Waals surface area contributed by atoms with Gasteiger partial charge >= 0.3 is 5.97 Å². The van der Waals surface area contributed by atoms with Crippen LogP contribution < -0.4 is 10.2 Å². The molecule has 5 nitrogen and oxygen atoms in total. The molecule has 0 aromatic heterocycles. The summed E-state index contributed by atoms with van der Waals surface area (Å²) in [6.07, 6.45) is 2.68. The molecule has 1 aromatic carbocycles. The fourth-order valence-electron chi connectivity index (χ4n) is 2.58. The molecule has 0 aliphatic carbocycles. The average molecular weight is 341 g/mol. The number of hydrogen-bond acceptors (Lipinski definition) is 3. The summed E-state index contributed by atoms with van der Waals surface area (Å²) in [5.74, 6) is -1.05. The first-order valence-electron chi connectivity index (χ1n) is 6.55. The van der Waals surface area contributed by atoms with Crippen LogP contribution in [0, 0.1) is 0 Å². The smallest absolute Gasteiger partial charge is 0.337 e. The van der Waals surface area contributed by atoms with E-state index in [2.05, 4.69) is 21.2 Å². The minimum atomic E-state index is -0.978. The number of rotatable bonds is 3. The fraction of sp³-hybridized carbons (Fsp3) is 0.429. The first-order chi connectivity index (χ1) is 9.54. The summed E-state index contributed by atoms with van der Waals surface area (Å²) in [7, 11) is 1.61. The van der Waals surface area contributed by atoms with Gasteiger partial charge in [0.25, 0.3) is 0 Å². The molecule has 6 heteroatoms. The number of amides is 1. The van der Waals surface area contributed by atoms with Gasteiger partial charge in [0.05, 0.1) is 11.3 Å². The Bertz CT molecular complexity index is 533. The Morgan fingerprint density at radius 2 is 2.15 bits per heavy atom. The number of carboxylic acid groups (broad SMARTS) is 1. The van der Waals surface area contributed by atoms with E-state index >= 15 is 0 Å². The topological polar surface area (TPSA) is 69.6 Å². The maximum Gasteiger partial charge on any atom is 0.337 e. The van der Waals surface area contributed by atoms with Crippen LogP contribution in [0.1, 0.15) is 29.6 Å². The van der Waals surface area contributed by atoms with Crippen molar-refractivity contribution in [2.75, 3.05) is 18.5 Å². The van der Waals surface area contributed by atoms with Crippen LogP contribution in [0.4, 0.5) is 5.69 Å². The Morgan fingerprint density at radius 1 is 1.40 bits per heavy atom. The van der Waals surface area contributed by atoms with Gasteiger partial charge in [-0.3, -0.25) is 4.79 Å². The molecule has 1 aromatic rings. The lowest BCUT2D eigenvalue weighted by atomic mass is 9.99. The predicted octanol–water partition coefficient (Wildman–Crippen LogP) is 2.25. The highest BCUT2D eigenvalue weighted by Crippen LogP contribution is 2.30. The van der Waals surface area contributed by atoms with Crippen molar-refractivity contribution in [3.63, 3.8) is 0 Å². The van der Waals surface area contributed by atoms with E-state index < -0.39 is 5.97 Å². The van der Waals surface area contributed by atoms with Crippen molar-refractivity contribution in [3.8, 4) is 0 Å². The SMILES string of the molecule is CNC(=O)C1CCCCN1c1cc(Br)ccc1C(=O)O. The quantitative estimate of drug-likeness (QED) is 0.885. The van der Waals surface area contributed by atoms with Crippen molar-refractivity contribution in [2.45, 2.75) is 25.3 Å². The number of aromatic carboxylic acids is 1. The zero-order valence-corrected chi connectivity index (χ0v) is 12.8. The number of nitrogens with zero attached hydrogens (tertiary/aromatic N) is 1. The lowest BCUT2D eigenvalue weighted by Gasteiger charge is -2.37. The van der Waals surface area contributed by atoms with E-state index in [1.807, 2.05) is 4.90 Å². The Morgan fingerprint density at radius 3 is 2.80 bits per heavy atom. The largest absolute Gasteiger partial charge is 0.478 e. The molecule has 0 spiro atoms. The molecule has 1 unspecified atom stereocenters. The highest BCUT2D eigenvalue weighted by atomic mass is 79.9. The van der Waals surface area contributed by atoms with Crippen LogP contribution in [0.25, 0.3) is 0 Å². The average Bonchev–Trinajstić information content (AvgIpc) is 2.46. The second kappa shape index (κ2) is 6.26. The van der Waals surface area contributed by atoms with Gasteiger partial charge in [-0.15, -0.1) is 0 Å². The van der Waals surface area contributed by atoms with Crippen molar-refractivity contribution in [1.82, 2.24) is 5.32 Å². The molecule has 1 atom stereocenters. The predicted molar refractivity (Wildman–Crippen MR) is 80.2 cm³/mol. The van der Waals surface area contributed by atoms with Crippen molar-refractivity contribution in [3.05, 3.63) is 28.2 Å². The van der Waals surface area contributed by atoms with Crippen LogP contribution in [0.15, 0.2) is 22.7 Å². The molecule has 0 radical (unpaired) electrons. The standard InChI is InChI=1S/C14H17BrN2O3/c1-16-13(18)11-4-2-3-7-17(11)12-8-9(15)5-6-10(12)14(19)20/h5-6,8,11H,2-4,7H2,1H3,(H,16,18)(H,19,20). The molecule has 1 aliphatic heterocycles. The molecular formula is C14H17BrN2O3. The van der Waals surface area contributed by atoms with Crippen LogP contribution in [0.2, 0.25) is 0 Å². The Kier molecular flexibility index (Phi) is 4.65. The molecule has 20 heavy (non-hydrogen) atoms. The van der Waals surface area contributed by atoms with E-state index in [0.29, 0.717) is 12.2 Å². The third-order valence-corrected chi connectivity index (χ3v) is 4.04. The molecule has 1 amide bonds. The van der Waals surface area contributed by atoms with Crippen molar-refractivity contribution in [2.24, 2.45) is 0 Å². The van der Waals surface area contributed by atoms with Gasteiger partial charge < -0.3 is 15.3 Å². The zero-order valence-electron chi connectivity index (χ0n) is 11.2. The van der Waals surface area contributed by atoms with Gasteiger partial charge in [-0.2, -0.15) is 0 Å². The number of carbonyl (C=O) groups excluding carboxylic acids is 1. The minimum absolute atomic E-state index is 0.0685. The summed E-state index contributed by atoms with van der Waals surface area (Å²) in [5, 5.41) is 12.0. The summed E-state index contributed by atoms with van der Waals surface area (Å²) in [4.78, 5) is 25.3. The molecule has 1 aliphatic rings. The lowest BCUT2D eigenvalue weighted by Crippen LogP contribution is -2.49. The van der Waals surface area contributed by atoms with Gasteiger partial charge in [0.1, 0.15) is 6.04 Å². The molecule has 0 bridgehead atoms. The second-order valence-corrected chi connectivity index (χ2v) is 5.70. The van der Waals surface area contributed by atoms with Gasteiger partial charge in [0.15, 0.2) is 0 Å². The maximum absolute atomic E-state index is 12.0. The Hall–Kier alpha value is -1.56. The monoisotopic (exact) mass is 340 g/mol. The first kappa shape index (κ1) is 14.8. The van der Waals surface area contributed by atoms with E-state index in [1.165, 1.54) is 0 Å². The zero-order chi connectivity index (χ0) is 14.7. The van der Waals surface area contributed by atoms with Gasteiger partial charge in [0, 0.05) is 18.1 Å². The summed E-state index contributed by atoms with van der Waals surface area (Å²) in [6.45, 7) is 0.689. The summed E-state index contributed by atoms with van der Waals surface area (Å²) in [5.41, 5.74) is 0.823. The van der Waals surface area contributed by atoms with Crippen LogP contribution in [0.5, 0.6) is 0 Å². The van der Waals surface area contributed by atoms with Crippen molar-refractivity contribution in [1.29, 1.82) is 0 Å². The molecular weight excluding hydrogens is 324 g/mol. The van der Waals surface area contributed by atoms with Gasteiger partial charge in [-0.1, -0.05) is 15.9 Å². The molecule has 2 N–H and O–H groups in total. The van der Waals surface area contributed by atoms with Gasteiger partial charge in [0.2, 0.25) is 5.91 Å². The molecule has 108 valence electrons. The number of anilines is 1. The third-order valence-electron chi connectivity index (χ3n) is 3.55. The Labute approximate surface area is 126 Å². The van der Waals surface area contributed by atoms with Crippen molar-refractivity contribution < 1.29 is 14.7 Å². The molecule has 2 rings (SSSR count). The highest BCUT2D eigenvalue weighted by Gasteiger charge is 2.30. The van der Waals surface area contributed by atoms with Crippen molar-refractivity contribution >= 4 is 33.5 Å². The number of carboxylic acids is 1. The number of carbonyl (C=O) groups is 2. The molecule has 1 fully saturated rings. The van der Waals surface area contributed by atoms with Crippen LogP contribution in [-0.4, -0.2) is 36.6 Å². The van der Waals surface area contributed by atoms with E-state index in [-0.39, 0.29) is 17.5 Å². The van der Waals surface area contributed by atoms with E-state index in [9.17, 15) is 14.7 Å². The second-order valence-electron chi connectivity index (χ2n) is 4.79. The number of nitrogens with one attached hydrogen (secondary N) is 1. The number of benzene rings is 1. The molecule has 1 saturated heterocycles. The maximum atomic E-state index is 12.0. The van der Waals surface area contributed by atoms with Crippen LogP contribution in [0.3, 0.4) is 0 Å². The van der Waals surface area contributed by atoms with Gasteiger partial charge in [-0.05, 0) is 37.5 Å². The number of likely N-dealkylation sites (N-methyl/N-ethyl adjacent to an activating group) is 1. The van der Waals surface area contributed by atoms with Gasteiger partial charge in [-0.25, -0.2) is 4.79 Å². The molecule has 1 heterocycles. The minimum Gasteiger partial charge on any atom is -0.478 e. The number of hydrogen-bond donors (Lipinski definition) is 2. The number of piperidine rings is 1. The van der Waals surface area contributed by atoms with E-state index in [4.69, 9.17) is 0 Å². The third kappa shape index (κ3) is 2.95. The number of halogens is 1. The summed E-state index contributed by atoms with van der Waals surface area (Å²) in [6, 6.07) is 4.73. The molecule has 0 saturated carbocycles. The van der Waals surface area contributed by atoms with E-state index in [1.54, 1.807) is 25.2 Å². The van der Waals surface area contributed by atoms with Crippen LogP contribution in [-0.2, 0) is 4.79 Å². The highest BCUT2D eigenvalue weighted by molar-refractivity contribution is 9.10.